The van der Waals surface area contributed by atoms with Crippen LogP contribution in [-0.2, 0) is 0 Å². The molecule has 7 heteroatoms. The second-order valence-corrected chi connectivity index (χ2v) is 25.2. The molecule has 384 valence electrons. The van der Waals surface area contributed by atoms with E-state index in [4.69, 9.17) is 15.0 Å². The monoisotopic (exact) mass is 1080 g/mol. The van der Waals surface area contributed by atoms with Crippen molar-refractivity contribution in [3.8, 4) is 73.2 Å². The summed E-state index contributed by atoms with van der Waals surface area (Å²) in [4.78, 5) is 23.7. The molecule has 0 atom stereocenters. The van der Waals surface area contributed by atoms with Crippen molar-refractivity contribution in [2.24, 2.45) is 0 Å². The van der Waals surface area contributed by atoms with Crippen LogP contribution in [0.4, 0.5) is 17.1 Å². The predicted octanol–water partition coefficient (Wildman–Crippen LogP) is 20.8. The summed E-state index contributed by atoms with van der Waals surface area (Å²) in [6.45, 7) is 0. The van der Waals surface area contributed by atoms with Crippen LogP contribution in [0.25, 0.3) is 115 Å². The van der Waals surface area contributed by atoms with Crippen LogP contribution >= 0.6 is 21.4 Å². The Morgan fingerprint density at radius 2 is 0.780 bits per heavy atom. The Morgan fingerprint density at radius 1 is 0.293 bits per heavy atom. The van der Waals surface area contributed by atoms with Gasteiger partial charge in [0.05, 0.1) is 11.0 Å². The van der Waals surface area contributed by atoms with Gasteiger partial charge in [0.2, 0.25) is 5.95 Å². The Hall–Kier alpha value is -10.2. The Labute approximate surface area is 479 Å². The normalized spacial score (nSPS) is 13.1. The topological polar surface area (TPSA) is 46.8 Å². The van der Waals surface area contributed by atoms with Crippen LogP contribution < -0.4 is 4.90 Å². The third-order valence-electron chi connectivity index (χ3n) is 16.6. The molecule has 5 nitrogen and oxygen atoms in total. The summed E-state index contributed by atoms with van der Waals surface area (Å²) in [6, 6.07) is 104. The second kappa shape index (κ2) is 18.4. The van der Waals surface area contributed by atoms with Gasteiger partial charge < -0.3 is 4.90 Å². The average molecular weight is 1080 g/mol. The molecule has 1 spiro atoms. The number of thiophene rings is 1. The highest BCUT2D eigenvalue weighted by Crippen LogP contribution is 2.85. The molecule has 0 amide bonds. The summed E-state index contributed by atoms with van der Waals surface area (Å²) in [5, 5.41) is 4.80. The number of anilines is 3. The molecule has 2 aliphatic heterocycles. The molecular formula is C75H47N5S2. The van der Waals surface area contributed by atoms with Crippen molar-refractivity contribution in [3.63, 3.8) is 0 Å². The maximum Gasteiger partial charge on any atom is 0.238 e. The zero-order valence-corrected chi connectivity index (χ0v) is 45.8. The van der Waals surface area contributed by atoms with Gasteiger partial charge in [-0.25, -0.2) is 4.98 Å². The summed E-state index contributed by atoms with van der Waals surface area (Å²) in [6.07, 6.45) is 0. The van der Waals surface area contributed by atoms with Gasteiger partial charge >= 0.3 is 0 Å². The largest absolute Gasteiger partial charge is 0.310 e. The Bertz CT molecular complexity index is 4930. The summed E-state index contributed by atoms with van der Waals surface area (Å²) in [7, 11) is -2.01. The van der Waals surface area contributed by atoms with Gasteiger partial charge in [-0.05, 0) is 129 Å². The van der Waals surface area contributed by atoms with Crippen LogP contribution in [0.3, 0.4) is 0 Å². The first kappa shape index (κ1) is 46.7. The number of aromatic nitrogens is 4. The van der Waals surface area contributed by atoms with Gasteiger partial charge in [0.15, 0.2) is 11.6 Å². The van der Waals surface area contributed by atoms with E-state index in [1.165, 1.54) is 78.7 Å². The highest BCUT2D eigenvalue weighted by atomic mass is 32.3. The number of fused-ring (bicyclic) bond motifs is 16. The summed E-state index contributed by atoms with van der Waals surface area (Å²) < 4.78 is 4.75. The Morgan fingerprint density at radius 3 is 1.46 bits per heavy atom. The standard InChI is InChI=1S/C75H47N5S2/c1-5-19-48(20-6-1)49-33-37-55(38-34-49)79(54-25-11-4-12-26-54)56-39-41-61-60-40-35-53(44-71(60)82(72(61)45-56)69-31-17-14-28-58(69)59-29-15-18-32-70(59)82)52-36-42-65-62(43-52)63-46-64-57-27-13-16-30-67(57)81-68(64)47-66(63)80(65)75-77-73(50-21-7-2-8-22-50)76-74(78-75)51-23-9-3-10-24-51/h1-47H. The van der Waals surface area contributed by atoms with Gasteiger partial charge in [-0.1, -0.05) is 200 Å². The SMILES string of the molecule is c1ccc(-c2ccc(N(c3ccccc3)c3ccc4c(c3)S3(c5ccccc5-c5ccccc53)c3cc(-c5ccc6c(c5)c5cc7c(cc5n6-c5nc(-c6ccccc6)nc(-c6ccccc6)n5)sc5ccccc57)ccc3-4)cc2)cc1. The summed E-state index contributed by atoms with van der Waals surface area (Å²) in [5.41, 5.74) is 17.2. The van der Waals surface area contributed by atoms with E-state index in [0.29, 0.717) is 17.6 Å². The van der Waals surface area contributed by atoms with Crippen molar-refractivity contribution < 1.29 is 0 Å². The zero-order chi connectivity index (χ0) is 53.9. The van der Waals surface area contributed by atoms with Crippen LogP contribution in [0, 0.1) is 0 Å². The molecular weight excluding hydrogens is 1030 g/mol. The quantitative estimate of drug-likeness (QED) is 0.152. The lowest BCUT2D eigenvalue weighted by atomic mass is 9.98. The van der Waals surface area contributed by atoms with Crippen LogP contribution in [0.2, 0.25) is 0 Å². The molecule has 3 aromatic heterocycles. The molecule has 15 aromatic rings. The average Bonchev–Trinajstić information content (AvgIpc) is 4.11. The molecule has 0 fully saturated rings. The predicted molar refractivity (Wildman–Crippen MR) is 341 cm³/mol. The number of hydrogen-bond donors (Lipinski definition) is 0. The van der Waals surface area contributed by atoms with Crippen LogP contribution in [0.5, 0.6) is 0 Å². The minimum absolute atomic E-state index is 0.578. The van der Waals surface area contributed by atoms with E-state index in [0.717, 1.165) is 55.6 Å². The maximum atomic E-state index is 5.32. The van der Waals surface area contributed by atoms with Gasteiger partial charge in [0, 0.05) is 78.7 Å². The first-order chi connectivity index (χ1) is 40.6. The lowest BCUT2D eigenvalue weighted by molar-refractivity contribution is 0.954. The van der Waals surface area contributed by atoms with E-state index in [-0.39, 0.29) is 0 Å². The van der Waals surface area contributed by atoms with Gasteiger partial charge in [0.25, 0.3) is 0 Å². The molecule has 0 unspecified atom stereocenters. The van der Waals surface area contributed by atoms with Gasteiger partial charge in [0.1, 0.15) is 0 Å². The van der Waals surface area contributed by atoms with Crippen LogP contribution in [0.15, 0.2) is 305 Å². The third kappa shape index (κ3) is 7.10. The van der Waals surface area contributed by atoms with Crippen molar-refractivity contribution >= 4 is 80.4 Å². The van der Waals surface area contributed by atoms with E-state index in [1.54, 1.807) is 0 Å². The van der Waals surface area contributed by atoms with E-state index >= 15 is 0 Å². The number of nitrogens with zero attached hydrogens (tertiary/aromatic N) is 5. The van der Waals surface area contributed by atoms with Crippen molar-refractivity contribution in [1.29, 1.82) is 0 Å². The van der Waals surface area contributed by atoms with Crippen molar-refractivity contribution in [2.75, 3.05) is 4.90 Å². The van der Waals surface area contributed by atoms with E-state index in [9.17, 15) is 0 Å². The van der Waals surface area contributed by atoms with Crippen LogP contribution in [0.1, 0.15) is 0 Å². The third-order valence-corrected chi connectivity index (χ3v) is 21.8. The zero-order valence-electron chi connectivity index (χ0n) is 44.2. The molecule has 0 radical (unpaired) electrons. The number of rotatable bonds is 8. The molecule has 82 heavy (non-hydrogen) atoms. The maximum absolute atomic E-state index is 5.32. The second-order valence-electron chi connectivity index (χ2n) is 21.1. The number of para-hydroxylation sites is 1. The van der Waals surface area contributed by atoms with Crippen molar-refractivity contribution in [3.05, 3.63) is 285 Å². The highest BCUT2D eigenvalue weighted by Gasteiger charge is 2.48. The Kier molecular flexibility index (Phi) is 10.5. The van der Waals surface area contributed by atoms with Gasteiger partial charge in [-0.15, -0.1) is 21.4 Å². The molecule has 0 saturated heterocycles. The smallest absolute Gasteiger partial charge is 0.238 e. The van der Waals surface area contributed by atoms with Gasteiger partial charge in [-0.3, -0.25) is 4.57 Å². The lowest BCUT2D eigenvalue weighted by Gasteiger charge is -2.37. The van der Waals surface area contributed by atoms with Crippen molar-refractivity contribution in [1.82, 2.24) is 19.5 Å². The van der Waals surface area contributed by atoms with E-state index < -0.39 is 10.0 Å². The Balaban J connectivity index is 0.873. The first-order valence-electron chi connectivity index (χ1n) is 27.7. The van der Waals surface area contributed by atoms with E-state index in [1.807, 2.05) is 47.7 Å². The summed E-state index contributed by atoms with van der Waals surface area (Å²) >= 11 is 1.83. The fraction of sp³-hybridized carbons (Fsp3) is 0. The summed E-state index contributed by atoms with van der Waals surface area (Å²) in [5.74, 6) is 1.83. The highest BCUT2D eigenvalue weighted by molar-refractivity contribution is 8.34. The molecule has 17 rings (SSSR count). The van der Waals surface area contributed by atoms with E-state index in [2.05, 4.69) is 258 Å². The molecule has 0 aliphatic carbocycles. The number of hydrogen-bond acceptors (Lipinski definition) is 5. The molecule has 0 bridgehead atoms. The molecule has 5 heterocycles. The minimum Gasteiger partial charge on any atom is -0.310 e. The molecule has 0 N–H and O–H groups in total. The van der Waals surface area contributed by atoms with Gasteiger partial charge in [-0.2, -0.15) is 9.97 Å². The lowest BCUT2D eigenvalue weighted by Crippen LogP contribution is -2.10. The fourth-order valence-electron chi connectivity index (χ4n) is 12.9. The fourth-order valence-corrected chi connectivity index (χ4v) is 18.7. The number of benzene rings is 12. The van der Waals surface area contributed by atoms with Crippen LogP contribution in [-0.4, -0.2) is 19.5 Å². The first-order valence-corrected chi connectivity index (χ1v) is 30.2. The van der Waals surface area contributed by atoms with Crippen molar-refractivity contribution in [2.45, 2.75) is 19.6 Å². The molecule has 0 saturated carbocycles. The molecule has 2 aliphatic rings. The minimum atomic E-state index is -2.01. The molecule has 12 aromatic carbocycles.